The normalized spacial score (nSPS) is 20.8. The van der Waals surface area contributed by atoms with Crippen LogP contribution in [0.3, 0.4) is 0 Å². The minimum atomic E-state index is 0. The first-order valence-corrected chi connectivity index (χ1v) is 13.4. The van der Waals surface area contributed by atoms with E-state index in [4.69, 9.17) is 15.4 Å². The maximum atomic E-state index is 8.00. The van der Waals surface area contributed by atoms with Crippen LogP contribution in [0.15, 0.2) is 70.9 Å². The van der Waals surface area contributed by atoms with Crippen LogP contribution in [0, 0.1) is 11.8 Å². The van der Waals surface area contributed by atoms with Gasteiger partial charge in [-0.25, -0.2) is 0 Å². The van der Waals surface area contributed by atoms with E-state index >= 15 is 0 Å². The van der Waals surface area contributed by atoms with Gasteiger partial charge in [0.25, 0.3) is 0 Å². The maximum absolute atomic E-state index is 8.00. The number of hydrogen-bond acceptors (Lipinski definition) is 6. The summed E-state index contributed by atoms with van der Waals surface area (Å²) in [4.78, 5) is 9.32. The Morgan fingerprint density at radius 3 is 2.23 bits per heavy atom. The Labute approximate surface area is 223 Å². The number of nitrogens with two attached hydrogens (primary N) is 1. The fourth-order valence-corrected chi connectivity index (χ4v) is 3.93. The van der Waals surface area contributed by atoms with Gasteiger partial charge in [0.1, 0.15) is 18.7 Å². The molecule has 6 heteroatoms. The fourth-order valence-electron chi connectivity index (χ4n) is 3.13. The largest absolute Gasteiger partial charge is 0.486 e. The number of fused-ring (bicyclic) bond motifs is 1. The molecular weight excluding hydrogens is 454 g/mol. The molecule has 0 aromatic carbocycles. The standard InChI is InChI=1S/C22H30OS.C2H8N2.2C2H6.CH2O.H3N.H2/c1-5-9-20(7-3)24-14-8-11-18-16-19-15-17(4)12-13-22(19)23-21(18)10-6-2;1-4(2)3;3*1-2;;/h5-11,13,15,17-18,21H,12,14,16H2,1-4H3;3H2,1-2H3;2*1-2H3;1H2;1H3;1H/b9-5-,10-6-,11-8+,20-7+;;;;;;/t17?,18-,21?;;;;;;/m0....../s1. The van der Waals surface area contributed by atoms with Crippen molar-refractivity contribution in [2.24, 2.45) is 17.7 Å². The zero-order valence-electron chi connectivity index (χ0n) is 24.2. The first-order chi connectivity index (χ1) is 16.4. The quantitative estimate of drug-likeness (QED) is 0.161. The number of thioether (sulfide) groups is 1. The third kappa shape index (κ3) is 20.1. The fraction of sp³-hybridized carbons (Fsp3) is 0.552. The van der Waals surface area contributed by atoms with Crippen molar-refractivity contribution in [1.29, 1.82) is 0 Å². The highest BCUT2D eigenvalue weighted by Gasteiger charge is 2.29. The molecule has 2 unspecified atom stereocenters. The Kier molecular flexibility index (Phi) is 32.7. The van der Waals surface area contributed by atoms with E-state index in [1.807, 2.05) is 46.2 Å². The van der Waals surface area contributed by atoms with Crippen molar-refractivity contribution in [1.82, 2.24) is 11.2 Å². The Hall–Kier alpha value is -1.86. The number of carbonyl (C=O) groups excluding carboxylic acids is 1. The molecule has 1 heterocycles. The number of nitrogens with zero attached hydrogens (tertiary/aromatic N) is 1. The van der Waals surface area contributed by atoms with Gasteiger partial charge in [0.15, 0.2) is 0 Å². The molecule has 0 spiro atoms. The molecule has 0 amide bonds. The van der Waals surface area contributed by atoms with Crippen molar-refractivity contribution < 1.29 is 11.0 Å². The van der Waals surface area contributed by atoms with Crippen molar-refractivity contribution in [3.05, 3.63) is 70.9 Å². The second-order valence-electron chi connectivity index (χ2n) is 7.34. The summed E-state index contributed by atoms with van der Waals surface area (Å²) < 4.78 is 6.26. The Morgan fingerprint density at radius 2 is 1.74 bits per heavy atom. The summed E-state index contributed by atoms with van der Waals surface area (Å²) in [5.74, 6) is 8.11. The van der Waals surface area contributed by atoms with E-state index in [-0.39, 0.29) is 13.7 Å². The predicted molar refractivity (Wildman–Crippen MR) is 163 cm³/mol. The van der Waals surface area contributed by atoms with Gasteiger partial charge in [-0.05, 0) is 57.3 Å². The summed E-state index contributed by atoms with van der Waals surface area (Å²) in [6, 6.07) is 0. The minimum Gasteiger partial charge on any atom is -0.486 e. The van der Waals surface area contributed by atoms with Gasteiger partial charge in [0.05, 0.1) is 0 Å². The molecule has 2 aliphatic rings. The first kappa shape index (κ1) is 40.3. The molecule has 35 heavy (non-hydrogen) atoms. The van der Waals surface area contributed by atoms with E-state index in [0.29, 0.717) is 11.8 Å². The zero-order valence-corrected chi connectivity index (χ0v) is 25.0. The second kappa shape index (κ2) is 28.4. The summed E-state index contributed by atoms with van der Waals surface area (Å²) in [5.41, 5.74) is 1.39. The zero-order chi connectivity index (χ0) is 26.9. The highest BCUT2D eigenvalue weighted by atomic mass is 32.2. The van der Waals surface area contributed by atoms with Crippen LogP contribution in [0.5, 0.6) is 0 Å². The highest BCUT2D eigenvalue weighted by Crippen LogP contribution is 2.37. The molecule has 3 atom stereocenters. The van der Waals surface area contributed by atoms with Gasteiger partial charge in [0.2, 0.25) is 0 Å². The lowest BCUT2D eigenvalue weighted by Crippen LogP contribution is -2.28. The van der Waals surface area contributed by atoms with Crippen molar-refractivity contribution in [3.8, 4) is 0 Å². The minimum absolute atomic E-state index is 0. The number of rotatable bonds is 6. The number of hydrazine groups is 1. The van der Waals surface area contributed by atoms with Gasteiger partial charge in [-0.15, -0.1) is 11.8 Å². The molecular formula is C29H57N3O2S. The van der Waals surface area contributed by atoms with E-state index in [0.717, 1.165) is 24.4 Å². The predicted octanol–water partition coefficient (Wildman–Crippen LogP) is 8.28. The smallest absolute Gasteiger partial charge is 0.123 e. The maximum Gasteiger partial charge on any atom is 0.123 e. The molecule has 0 saturated carbocycles. The molecule has 1 fully saturated rings. The third-order valence-corrected chi connectivity index (χ3v) is 5.41. The summed E-state index contributed by atoms with van der Waals surface area (Å²) in [5, 5.41) is 1.50. The molecule has 0 bridgehead atoms. The van der Waals surface area contributed by atoms with E-state index < -0.39 is 0 Å². The molecule has 1 aliphatic carbocycles. The summed E-state index contributed by atoms with van der Waals surface area (Å²) in [6.07, 6.45) is 22.3. The van der Waals surface area contributed by atoms with Crippen LogP contribution in [-0.2, 0) is 9.53 Å². The first-order valence-electron chi connectivity index (χ1n) is 12.4. The van der Waals surface area contributed by atoms with Crippen molar-refractivity contribution >= 4 is 18.6 Å². The van der Waals surface area contributed by atoms with E-state index in [1.54, 1.807) is 14.1 Å². The van der Waals surface area contributed by atoms with Gasteiger partial charge < -0.3 is 15.7 Å². The van der Waals surface area contributed by atoms with Crippen LogP contribution in [-0.4, -0.2) is 37.8 Å². The van der Waals surface area contributed by atoms with Gasteiger partial charge in [-0.1, -0.05) is 77.2 Å². The SMILES string of the molecule is C/C=C\C(=C/C)SC/C=C/[C@H]1CC2=CC(C)CC=C2OC1/C=C\C.C=O.CC.CC.CN(C)N.N.[HH]. The summed E-state index contributed by atoms with van der Waals surface area (Å²) >= 11 is 1.88. The van der Waals surface area contributed by atoms with Gasteiger partial charge in [-0.3, -0.25) is 10.9 Å². The lowest BCUT2D eigenvalue weighted by molar-refractivity contribution is -0.0980. The van der Waals surface area contributed by atoms with Gasteiger partial charge in [0, 0.05) is 32.1 Å². The molecule has 206 valence electrons. The van der Waals surface area contributed by atoms with Gasteiger partial charge >= 0.3 is 0 Å². The summed E-state index contributed by atoms with van der Waals surface area (Å²) in [7, 11) is 3.56. The summed E-state index contributed by atoms with van der Waals surface area (Å²) in [6.45, 7) is 18.5. The third-order valence-electron chi connectivity index (χ3n) is 4.34. The Morgan fingerprint density at radius 1 is 1.17 bits per heavy atom. The average molecular weight is 512 g/mol. The van der Waals surface area contributed by atoms with Crippen LogP contribution in [0.25, 0.3) is 0 Å². The van der Waals surface area contributed by atoms with E-state index in [2.05, 4.69) is 82.4 Å². The molecule has 1 saturated heterocycles. The lowest BCUT2D eigenvalue weighted by atomic mass is 9.84. The van der Waals surface area contributed by atoms with E-state index in [1.165, 1.54) is 15.5 Å². The molecule has 2 rings (SSSR count). The van der Waals surface area contributed by atoms with Crippen LogP contribution in [0.2, 0.25) is 0 Å². The van der Waals surface area contributed by atoms with Crippen LogP contribution >= 0.6 is 11.8 Å². The average Bonchev–Trinajstić information content (AvgIpc) is 2.85. The molecule has 5 N–H and O–H groups in total. The Balaban J connectivity index is -0.000000234. The van der Waals surface area contributed by atoms with Crippen LogP contribution in [0.1, 0.15) is 69.7 Å². The topological polar surface area (TPSA) is 90.6 Å². The molecule has 0 radical (unpaired) electrons. The number of carbonyl (C=O) groups is 1. The molecule has 1 aliphatic heterocycles. The lowest BCUT2D eigenvalue weighted by Gasteiger charge is -2.34. The van der Waals surface area contributed by atoms with Crippen LogP contribution < -0.4 is 12.0 Å². The molecule has 0 aromatic heterocycles. The van der Waals surface area contributed by atoms with Crippen molar-refractivity contribution in [3.63, 3.8) is 0 Å². The van der Waals surface area contributed by atoms with Crippen molar-refractivity contribution in [2.75, 3.05) is 19.8 Å². The van der Waals surface area contributed by atoms with Crippen molar-refractivity contribution in [2.45, 2.75) is 74.3 Å². The van der Waals surface area contributed by atoms with E-state index in [9.17, 15) is 0 Å². The van der Waals surface area contributed by atoms with Gasteiger partial charge in [-0.2, -0.15) is 0 Å². The van der Waals surface area contributed by atoms with Crippen LogP contribution in [0.4, 0.5) is 0 Å². The number of hydrogen-bond donors (Lipinski definition) is 2. The monoisotopic (exact) mass is 511 g/mol. The number of ether oxygens (including phenoxy) is 1. The second-order valence-corrected chi connectivity index (χ2v) is 8.44. The molecule has 5 nitrogen and oxygen atoms in total. The molecule has 0 aromatic rings. The Bertz CT molecular complexity index is 669. The highest BCUT2D eigenvalue weighted by molar-refractivity contribution is 8.03. The number of allylic oxidation sites excluding steroid dienone is 7.